The highest BCUT2D eigenvalue weighted by Gasteiger charge is 2.23. The van der Waals surface area contributed by atoms with Crippen molar-refractivity contribution in [2.24, 2.45) is 12.7 Å². The molecule has 1 atom stereocenters. The lowest BCUT2D eigenvalue weighted by molar-refractivity contribution is 0.0823. The molecule has 0 aliphatic carbocycles. The molecule has 0 aliphatic heterocycles. The molecule has 9 nitrogen and oxygen atoms in total. The Labute approximate surface area is 208 Å². The summed E-state index contributed by atoms with van der Waals surface area (Å²) in [5.41, 5.74) is 2.37. The third-order valence-corrected chi connectivity index (χ3v) is 5.26. The number of carbonyl (C=O) groups excluding carboxylic acids is 2. The zero-order valence-electron chi connectivity index (χ0n) is 27.9. The zero-order valence-corrected chi connectivity index (χ0v) is 17.9. The van der Waals surface area contributed by atoms with E-state index in [-0.39, 0.29) is 32.3 Å². The number of nitrogens with two attached hydrogens (primary N) is 1. The molecule has 34 heavy (non-hydrogen) atoms. The predicted molar refractivity (Wildman–Crippen MR) is 128 cm³/mol. The Morgan fingerprint density at radius 3 is 2.74 bits per heavy atom. The number of nitrogens with zero attached hydrogens (tertiary/aromatic N) is 4. The number of amides is 2. The maximum atomic E-state index is 13.9. The number of hydrogen-bond acceptors (Lipinski definition) is 5. The molecule has 2 heterocycles. The quantitative estimate of drug-likeness (QED) is 0.461. The van der Waals surface area contributed by atoms with E-state index in [4.69, 9.17) is 18.1 Å². The van der Waals surface area contributed by atoms with Gasteiger partial charge in [0.2, 0.25) is 0 Å². The van der Waals surface area contributed by atoms with E-state index >= 15 is 0 Å². The summed E-state index contributed by atoms with van der Waals surface area (Å²) in [6.07, 6.45) is 0.894. The van der Waals surface area contributed by atoms with E-state index in [1.807, 2.05) is 0 Å². The molecule has 176 valence electrons. The fourth-order valence-electron chi connectivity index (χ4n) is 3.78. The van der Waals surface area contributed by atoms with Gasteiger partial charge in [0, 0.05) is 39.0 Å². The van der Waals surface area contributed by atoms with Gasteiger partial charge in [0.05, 0.1) is 23.9 Å². The Kier molecular flexibility index (Phi) is 3.29. The molecule has 0 saturated heterocycles. The van der Waals surface area contributed by atoms with Crippen molar-refractivity contribution in [2.45, 2.75) is 19.9 Å². The molecule has 0 radical (unpaired) electrons. The van der Waals surface area contributed by atoms with E-state index < -0.39 is 66.4 Å². The Morgan fingerprint density at radius 1 is 1.29 bits per heavy atom. The molecule has 4 rings (SSSR count). The average molecular weight is 475 g/mol. The summed E-state index contributed by atoms with van der Waals surface area (Å²) < 4.78 is 94.1. The molecule has 2 aromatic carbocycles. The van der Waals surface area contributed by atoms with Crippen molar-refractivity contribution in [2.75, 3.05) is 19.3 Å². The second kappa shape index (κ2) is 8.29. The van der Waals surface area contributed by atoms with E-state index in [2.05, 4.69) is 10.3 Å². The molecule has 3 N–H and O–H groups in total. The number of nitrogens with one attached hydrogen (secondary N) is 1. The Hall–Kier alpha value is -4.21. The summed E-state index contributed by atoms with van der Waals surface area (Å²) in [5.74, 6) is -3.49. The molecule has 0 saturated carbocycles. The molecule has 0 bridgehead atoms. The van der Waals surface area contributed by atoms with Gasteiger partial charge in [0.25, 0.3) is 17.4 Å². The van der Waals surface area contributed by atoms with E-state index in [1.165, 1.54) is 25.1 Å². The van der Waals surface area contributed by atoms with Crippen LogP contribution >= 0.6 is 0 Å². The van der Waals surface area contributed by atoms with Crippen LogP contribution in [0.4, 0.5) is 10.1 Å². The number of benzene rings is 2. The highest BCUT2D eigenvalue weighted by atomic mass is 19.1. The number of aryl methyl sites for hydroxylation is 2. The number of carbonyl (C=O) groups is 2. The normalized spacial score (nSPS) is 18.6. The Balaban J connectivity index is 2.13. The van der Waals surface area contributed by atoms with Crippen LogP contribution in [-0.4, -0.2) is 44.6 Å². The summed E-state index contributed by atoms with van der Waals surface area (Å²) in [6, 6.07) is 3.84. The molecule has 10 heteroatoms. The number of primary amides is 1. The smallest absolute Gasteiger partial charge is 0.275 e. The highest BCUT2D eigenvalue weighted by Crippen LogP contribution is 2.30. The second-order valence-electron chi connectivity index (χ2n) is 7.58. The van der Waals surface area contributed by atoms with Crippen molar-refractivity contribution in [3.05, 3.63) is 75.2 Å². The van der Waals surface area contributed by atoms with E-state index in [9.17, 15) is 20.1 Å². The van der Waals surface area contributed by atoms with Gasteiger partial charge >= 0.3 is 0 Å². The van der Waals surface area contributed by atoms with Crippen molar-refractivity contribution in [3.63, 3.8) is 0 Å². The summed E-state index contributed by atoms with van der Waals surface area (Å²) in [6.45, 7) is -7.44. The number of aromatic nitrogens is 3. The van der Waals surface area contributed by atoms with E-state index in [1.54, 1.807) is 6.92 Å². The molecule has 0 aliphatic rings. The van der Waals surface area contributed by atoms with E-state index in [0.29, 0.717) is 5.56 Å². The molecule has 2 aromatic heterocycles. The lowest BCUT2D eigenvalue weighted by atomic mass is 10.00. The van der Waals surface area contributed by atoms with Crippen LogP contribution in [0.2, 0.25) is 0 Å². The van der Waals surface area contributed by atoms with Gasteiger partial charge in [-0.3, -0.25) is 23.4 Å². The number of hydrogen-bond donors (Lipinski definition) is 2. The maximum Gasteiger partial charge on any atom is 0.275 e. The molecule has 4 aromatic rings. The molecular formula is C24H25FN6O3. The minimum Gasteiger partial charge on any atom is -0.378 e. The summed E-state index contributed by atoms with van der Waals surface area (Å²) in [7, 11) is 0. The molecule has 0 spiro atoms. The van der Waals surface area contributed by atoms with Crippen LogP contribution in [0, 0.1) is 12.7 Å². The summed E-state index contributed by atoms with van der Waals surface area (Å²) in [5, 5.41) is 2.52. The Morgan fingerprint density at radius 2 is 2.06 bits per heavy atom. The van der Waals surface area contributed by atoms with Gasteiger partial charge in [-0.25, -0.2) is 9.37 Å². The fourth-order valence-corrected chi connectivity index (χ4v) is 3.78. The first kappa shape index (κ1) is 13.5. The summed E-state index contributed by atoms with van der Waals surface area (Å²) >= 11 is 0. The molecule has 1 unspecified atom stereocenters. The molecule has 0 fully saturated rings. The number of rotatable bonds is 5. The van der Waals surface area contributed by atoms with Gasteiger partial charge in [0.1, 0.15) is 12.1 Å². The van der Waals surface area contributed by atoms with Gasteiger partial charge in [-0.05, 0) is 49.2 Å². The number of halogens is 1. The minimum atomic E-state index is -3.51. The van der Waals surface area contributed by atoms with Crippen LogP contribution in [0.5, 0.6) is 0 Å². The van der Waals surface area contributed by atoms with Gasteiger partial charge < -0.3 is 16.0 Å². The van der Waals surface area contributed by atoms with Crippen LogP contribution in [0.3, 0.4) is 0 Å². The third-order valence-electron chi connectivity index (χ3n) is 5.26. The highest BCUT2D eigenvalue weighted by molar-refractivity contribution is 6.00. The first-order valence-corrected chi connectivity index (χ1v) is 9.76. The van der Waals surface area contributed by atoms with Crippen LogP contribution in [-0.2, 0) is 6.98 Å². The van der Waals surface area contributed by atoms with Crippen molar-refractivity contribution in [1.29, 1.82) is 0 Å². The minimum absolute atomic E-state index is 0.0214. The first-order valence-electron chi connectivity index (χ1n) is 14.8. The monoisotopic (exact) mass is 474 g/mol. The average Bonchev–Trinajstić information content (AvgIpc) is 3.26. The van der Waals surface area contributed by atoms with Crippen LogP contribution in [0.1, 0.15) is 58.6 Å². The number of fused-ring (bicyclic) bond motifs is 3. The lowest BCUT2D eigenvalue weighted by Gasteiger charge is -2.21. The van der Waals surface area contributed by atoms with Crippen LogP contribution in [0.15, 0.2) is 41.5 Å². The van der Waals surface area contributed by atoms with Crippen molar-refractivity contribution >= 4 is 34.1 Å². The third kappa shape index (κ3) is 3.66. The lowest BCUT2D eigenvalue weighted by Crippen LogP contribution is -2.26. The topological polar surface area (TPSA) is 115 Å². The number of imidazole rings is 1. The molecular weight excluding hydrogens is 439 g/mol. The summed E-state index contributed by atoms with van der Waals surface area (Å²) in [4.78, 5) is 42.7. The van der Waals surface area contributed by atoms with E-state index in [0.717, 1.165) is 22.9 Å². The largest absolute Gasteiger partial charge is 0.378 e. The maximum absolute atomic E-state index is 13.9. The van der Waals surface area contributed by atoms with Crippen LogP contribution in [0.25, 0.3) is 16.6 Å². The van der Waals surface area contributed by atoms with Crippen molar-refractivity contribution < 1.29 is 27.7 Å². The predicted octanol–water partition coefficient (Wildman–Crippen LogP) is 2.61. The van der Waals surface area contributed by atoms with Crippen molar-refractivity contribution in [3.8, 4) is 0 Å². The van der Waals surface area contributed by atoms with Gasteiger partial charge in [-0.15, -0.1) is 0 Å². The zero-order chi connectivity index (χ0) is 33.3. The second-order valence-corrected chi connectivity index (χ2v) is 7.58. The SMILES string of the molecule is [2H]C(C)(Nc1ccc(F)cc1C(N)=O)c1cc(C)cc2c(=O)n(C([2H])([2H])[2H])c3c(C(=O)N(C([2H])([2H])[2H])C([2H])([2H])[2H])ncn3c12. The first-order chi connectivity index (χ1) is 20.0. The molecule has 2 amide bonds. The van der Waals surface area contributed by atoms with Gasteiger partial charge in [0.15, 0.2) is 11.3 Å². The van der Waals surface area contributed by atoms with Gasteiger partial charge in [-0.2, -0.15) is 0 Å². The van der Waals surface area contributed by atoms with Crippen molar-refractivity contribution in [1.82, 2.24) is 18.9 Å². The fraction of sp³-hybridized carbons (Fsp3) is 0.250. The number of anilines is 1. The van der Waals surface area contributed by atoms with Gasteiger partial charge in [-0.1, -0.05) is 6.07 Å². The Bertz CT molecular complexity index is 1880. The van der Waals surface area contributed by atoms with Crippen LogP contribution < -0.4 is 16.6 Å². The standard InChI is InChI=1S/C24H25FN6O3/c1-12-8-15(13(2)28-18-7-6-14(25)10-16(18)21(26)32)20-17(9-12)23(33)30(5)22-19(24(34)29(3)4)27-11-31(20)22/h6-11,13,28H,1-5H3,(H2,26,32)/i3D3,4D3,5D3,13D.